The summed E-state index contributed by atoms with van der Waals surface area (Å²) in [6.45, 7) is 3.17. The van der Waals surface area contributed by atoms with E-state index in [4.69, 9.17) is 33.6 Å². The molecular formula is C29H30F3NO10. The van der Waals surface area contributed by atoms with E-state index in [2.05, 4.69) is 4.98 Å². The third-order valence-electron chi connectivity index (χ3n) is 5.64. The van der Waals surface area contributed by atoms with Crippen molar-refractivity contribution < 1.29 is 61.5 Å². The average Bonchev–Trinajstić information content (AvgIpc) is 2.96. The van der Waals surface area contributed by atoms with Gasteiger partial charge < -0.3 is 33.9 Å². The minimum absolute atomic E-state index is 0.0991. The number of aliphatic carboxylic acids is 2. The molecule has 0 saturated heterocycles. The van der Waals surface area contributed by atoms with E-state index < -0.39 is 23.7 Å². The van der Waals surface area contributed by atoms with Crippen LogP contribution in [-0.2, 0) is 16.0 Å². The van der Waals surface area contributed by atoms with E-state index in [1.807, 2.05) is 18.2 Å². The number of carbonyl (C=O) groups is 3. The van der Waals surface area contributed by atoms with Gasteiger partial charge in [0, 0.05) is 30.3 Å². The zero-order valence-corrected chi connectivity index (χ0v) is 23.9. The summed E-state index contributed by atoms with van der Waals surface area (Å²) >= 11 is 0. The predicted molar refractivity (Wildman–Crippen MR) is 145 cm³/mol. The van der Waals surface area contributed by atoms with Gasteiger partial charge >= 0.3 is 18.1 Å². The van der Waals surface area contributed by atoms with Gasteiger partial charge in [0.15, 0.2) is 22.9 Å². The number of alkyl halides is 3. The number of halogens is 3. The summed E-state index contributed by atoms with van der Waals surface area (Å²) in [5.41, 5.74) is -0.0548. The third-order valence-corrected chi connectivity index (χ3v) is 5.64. The molecule has 11 nitrogen and oxygen atoms in total. The maximum atomic E-state index is 13.2. The number of hydrogen-bond acceptors (Lipinski definition) is 9. The molecule has 3 aromatic rings. The molecule has 0 unspecified atom stereocenters. The lowest BCUT2D eigenvalue weighted by Gasteiger charge is -2.23. The number of benzene rings is 2. The molecule has 3 rings (SSSR count). The van der Waals surface area contributed by atoms with Crippen molar-refractivity contribution in [1.82, 2.24) is 4.98 Å². The number of methoxy groups -OCH3 is 3. The Balaban J connectivity index is 0.000000821. The number of aromatic nitrogens is 1. The summed E-state index contributed by atoms with van der Waals surface area (Å²) in [7, 11) is 4.63. The molecule has 0 amide bonds. The molecule has 1 heterocycles. The molecule has 0 aliphatic rings. The van der Waals surface area contributed by atoms with Crippen LogP contribution in [0.3, 0.4) is 0 Å². The average molecular weight is 610 g/mol. The van der Waals surface area contributed by atoms with Crippen molar-refractivity contribution >= 4 is 17.7 Å². The van der Waals surface area contributed by atoms with E-state index in [1.165, 1.54) is 39.3 Å². The second-order valence-corrected chi connectivity index (χ2v) is 9.08. The first-order valence-corrected chi connectivity index (χ1v) is 12.4. The summed E-state index contributed by atoms with van der Waals surface area (Å²) < 4.78 is 58.9. The van der Waals surface area contributed by atoms with E-state index in [0.717, 1.165) is 5.56 Å². The Bertz CT molecular complexity index is 1420. The van der Waals surface area contributed by atoms with Gasteiger partial charge in [-0.1, -0.05) is 6.07 Å². The number of ketones is 1. The molecule has 0 bridgehead atoms. The van der Waals surface area contributed by atoms with Crippen molar-refractivity contribution in [3.8, 4) is 28.9 Å². The van der Waals surface area contributed by atoms with Gasteiger partial charge in [0.25, 0.3) is 0 Å². The fourth-order valence-corrected chi connectivity index (χ4v) is 3.29. The van der Waals surface area contributed by atoms with Gasteiger partial charge in [-0.15, -0.1) is 0 Å². The number of nitrogens with zero attached hydrogens (tertiary/aromatic N) is 1. The van der Waals surface area contributed by atoms with Gasteiger partial charge in [-0.3, -0.25) is 4.79 Å². The van der Waals surface area contributed by atoms with E-state index in [-0.39, 0.29) is 17.1 Å². The molecule has 2 aromatic carbocycles. The Morgan fingerprint density at radius 1 is 0.814 bits per heavy atom. The van der Waals surface area contributed by atoms with Crippen molar-refractivity contribution in [2.75, 3.05) is 27.9 Å². The molecule has 0 aliphatic heterocycles. The van der Waals surface area contributed by atoms with Crippen LogP contribution in [0.5, 0.6) is 28.9 Å². The number of carboxylic acid groups (broad SMARTS) is 2. The fraction of sp³-hybridized carbons (Fsp3) is 0.310. The van der Waals surface area contributed by atoms with Gasteiger partial charge in [-0.05, 0) is 49.7 Å². The molecule has 0 saturated carbocycles. The van der Waals surface area contributed by atoms with Crippen molar-refractivity contribution in [3.05, 3.63) is 71.4 Å². The SMILES string of the molecule is COc1ccc(C(=O)c2ccc(OCCc3ccc(OC)c(OC)c3)nc2)c(OC(C)(C)C(=O)O)c1.O=C(O)C(F)(F)F. The van der Waals surface area contributed by atoms with Crippen LogP contribution in [-0.4, -0.2) is 72.6 Å². The van der Waals surface area contributed by atoms with Crippen LogP contribution in [0.4, 0.5) is 13.2 Å². The Morgan fingerprint density at radius 3 is 1.98 bits per heavy atom. The topological polar surface area (TPSA) is 151 Å². The first-order chi connectivity index (χ1) is 20.1. The molecule has 1 aromatic heterocycles. The Morgan fingerprint density at radius 2 is 1.47 bits per heavy atom. The van der Waals surface area contributed by atoms with E-state index in [1.54, 1.807) is 32.4 Å². The Hall–Kier alpha value is -5.01. The lowest BCUT2D eigenvalue weighted by Crippen LogP contribution is -2.38. The Labute approximate surface area is 244 Å². The summed E-state index contributed by atoms with van der Waals surface area (Å²) in [6.07, 6.45) is -3.06. The smallest absolute Gasteiger partial charge is 0.490 e. The van der Waals surface area contributed by atoms with Gasteiger partial charge in [-0.2, -0.15) is 13.2 Å². The molecule has 232 valence electrons. The highest BCUT2D eigenvalue weighted by molar-refractivity contribution is 6.10. The number of carboxylic acids is 2. The first-order valence-electron chi connectivity index (χ1n) is 12.4. The molecule has 14 heteroatoms. The van der Waals surface area contributed by atoms with E-state index in [0.29, 0.717) is 41.7 Å². The van der Waals surface area contributed by atoms with Gasteiger partial charge in [-0.25, -0.2) is 14.6 Å². The van der Waals surface area contributed by atoms with Crippen LogP contribution in [0.15, 0.2) is 54.7 Å². The zero-order valence-electron chi connectivity index (χ0n) is 23.9. The predicted octanol–water partition coefficient (Wildman–Crippen LogP) is 4.84. The maximum absolute atomic E-state index is 13.2. The highest BCUT2D eigenvalue weighted by Gasteiger charge is 2.38. The van der Waals surface area contributed by atoms with E-state index in [9.17, 15) is 27.9 Å². The van der Waals surface area contributed by atoms with Crippen molar-refractivity contribution in [1.29, 1.82) is 0 Å². The minimum atomic E-state index is -5.08. The molecule has 0 atom stereocenters. The van der Waals surface area contributed by atoms with Crippen LogP contribution >= 0.6 is 0 Å². The number of rotatable bonds is 12. The molecule has 0 radical (unpaired) electrons. The number of pyridine rings is 1. The standard InChI is InChI=1S/C27H29NO8.C2HF3O2/c1-27(2,26(30)31)36-22-15-19(32-3)8-9-20(22)25(29)18-7-11-24(28-16-18)35-13-12-17-6-10-21(33-4)23(14-17)34-5;3-2(4,5)1(6)7/h6-11,14-16H,12-13H2,1-5H3,(H,30,31);(H,6,7). The van der Waals surface area contributed by atoms with Crippen LogP contribution in [0.1, 0.15) is 35.3 Å². The van der Waals surface area contributed by atoms with Crippen molar-refractivity contribution in [2.24, 2.45) is 0 Å². The fourth-order valence-electron chi connectivity index (χ4n) is 3.29. The molecule has 43 heavy (non-hydrogen) atoms. The van der Waals surface area contributed by atoms with Crippen LogP contribution in [0, 0.1) is 0 Å². The van der Waals surface area contributed by atoms with Crippen LogP contribution < -0.4 is 23.7 Å². The largest absolute Gasteiger partial charge is 0.497 e. The summed E-state index contributed by atoms with van der Waals surface area (Å²) in [4.78, 5) is 37.8. The molecule has 2 N–H and O–H groups in total. The van der Waals surface area contributed by atoms with Gasteiger partial charge in [0.05, 0.1) is 33.5 Å². The second-order valence-electron chi connectivity index (χ2n) is 9.08. The lowest BCUT2D eigenvalue weighted by atomic mass is 10.0. The molecule has 0 spiro atoms. The molecular weight excluding hydrogens is 579 g/mol. The monoisotopic (exact) mass is 609 g/mol. The lowest BCUT2D eigenvalue weighted by molar-refractivity contribution is -0.192. The molecule has 0 aliphatic carbocycles. The zero-order chi connectivity index (χ0) is 32.4. The van der Waals surface area contributed by atoms with E-state index >= 15 is 0 Å². The highest BCUT2D eigenvalue weighted by Crippen LogP contribution is 2.31. The molecule has 0 fully saturated rings. The summed E-state index contributed by atoms with van der Waals surface area (Å²) in [6, 6.07) is 13.5. The van der Waals surface area contributed by atoms with Gasteiger partial charge in [0.2, 0.25) is 5.88 Å². The quantitative estimate of drug-likeness (QED) is 0.272. The number of carbonyl (C=O) groups excluding carboxylic acids is 1. The third kappa shape index (κ3) is 9.80. The number of hydrogen-bond donors (Lipinski definition) is 2. The highest BCUT2D eigenvalue weighted by atomic mass is 19.4. The normalized spacial score (nSPS) is 11.0. The maximum Gasteiger partial charge on any atom is 0.490 e. The second kappa shape index (κ2) is 14.8. The first kappa shape index (κ1) is 34.2. The van der Waals surface area contributed by atoms with Crippen LogP contribution in [0.25, 0.3) is 0 Å². The van der Waals surface area contributed by atoms with Crippen molar-refractivity contribution in [2.45, 2.75) is 32.0 Å². The van der Waals surface area contributed by atoms with Gasteiger partial charge in [0.1, 0.15) is 11.5 Å². The Kier molecular flexibility index (Phi) is 11.7. The minimum Gasteiger partial charge on any atom is -0.497 e. The van der Waals surface area contributed by atoms with Crippen molar-refractivity contribution in [3.63, 3.8) is 0 Å². The number of ether oxygens (including phenoxy) is 5. The summed E-state index contributed by atoms with van der Waals surface area (Å²) in [5, 5.41) is 16.5. The van der Waals surface area contributed by atoms with Crippen LogP contribution in [0.2, 0.25) is 0 Å². The summed E-state index contributed by atoms with van der Waals surface area (Å²) in [5.74, 6) is -2.11.